The van der Waals surface area contributed by atoms with Crippen molar-refractivity contribution in [3.8, 4) is 0 Å². The number of thiophene rings is 1. The Morgan fingerprint density at radius 1 is 1.15 bits per heavy atom. The second-order valence-corrected chi connectivity index (χ2v) is 9.01. The van der Waals surface area contributed by atoms with E-state index in [4.69, 9.17) is 0 Å². The Morgan fingerprint density at radius 2 is 1.92 bits per heavy atom. The Balaban J connectivity index is 1.31. The largest absolute Gasteiger partial charge is 0.346 e. The Bertz CT molecular complexity index is 744. The van der Waals surface area contributed by atoms with Gasteiger partial charge in [0.15, 0.2) is 0 Å². The minimum absolute atomic E-state index is 0.102. The lowest BCUT2D eigenvalue weighted by molar-refractivity contribution is 0.103. The van der Waals surface area contributed by atoms with Crippen molar-refractivity contribution in [3.05, 3.63) is 21.9 Å². The number of amides is 1. The summed E-state index contributed by atoms with van der Waals surface area (Å²) in [5.74, 6) is -0.102. The highest BCUT2D eigenvalue weighted by atomic mass is 32.1. The van der Waals surface area contributed by atoms with Crippen LogP contribution < -0.4 is 10.2 Å². The van der Waals surface area contributed by atoms with Crippen LogP contribution in [0.25, 0.3) is 0 Å². The summed E-state index contributed by atoms with van der Waals surface area (Å²) in [5.41, 5.74) is 1.11. The van der Waals surface area contributed by atoms with Gasteiger partial charge in [-0.25, -0.2) is 0 Å². The molecule has 2 aromatic heterocycles. The van der Waals surface area contributed by atoms with Gasteiger partial charge in [0, 0.05) is 19.1 Å². The number of hydrogen-bond donors (Lipinski definition) is 1. The number of hydrogen-bond acceptors (Lipinski definition) is 7. The van der Waals surface area contributed by atoms with Crippen LogP contribution in [0.3, 0.4) is 0 Å². The summed E-state index contributed by atoms with van der Waals surface area (Å²) in [6.07, 6.45) is 6.47. The molecule has 8 heteroatoms. The van der Waals surface area contributed by atoms with E-state index in [9.17, 15) is 4.79 Å². The molecule has 0 aliphatic carbocycles. The van der Waals surface area contributed by atoms with Crippen molar-refractivity contribution in [1.82, 2.24) is 15.1 Å². The third-order valence-electron chi connectivity index (χ3n) is 5.23. The zero-order valence-electron chi connectivity index (χ0n) is 15.1. The monoisotopic (exact) mass is 391 g/mol. The van der Waals surface area contributed by atoms with Gasteiger partial charge in [-0.2, -0.15) is 0 Å². The molecule has 0 atom stereocenters. The highest BCUT2D eigenvalue weighted by Crippen LogP contribution is 2.29. The van der Waals surface area contributed by atoms with E-state index < -0.39 is 0 Å². The Morgan fingerprint density at radius 3 is 2.62 bits per heavy atom. The van der Waals surface area contributed by atoms with Crippen molar-refractivity contribution in [2.24, 2.45) is 0 Å². The van der Waals surface area contributed by atoms with E-state index in [1.165, 1.54) is 67.9 Å². The molecule has 6 nitrogen and oxygen atoms in total. The number of nitrogens with zero attached hydrogens (tertiary/aromatic N) is 4. The predicted octanol–water partition coefficient (Wildman–Crippen LogP) is 3.62. The first kappa shape index (κ1) is 17.9. The molecule has 4 heterocycles. The molecule has 0 aromatic carbocycles. The van der Waals surface area contributed by atoms with Crippen LogP contribution in [0.15, 0.2) is 11.4 Å². The Labute approximate surface area is 162 Å². The van der Waals surface area contributed by atoms with E-state index in [-0.39, 0.29) is 5.91 Å². The summed E-state index contributed by atoms with van der Waals surface area (Å²) in [7, 11) is 0. The molecule has 4 rings (SSSR count). The molecule has 0 radical (unpaired) electrons. The van der Waals surface area contributed by atoms with Crippen molar-refractivity contribution in [3.63, 3.8) is 0 Å². The summed E-state index contributed by atoms with van der Waals surface area (Å²) in [6, 6.07) is 2.62. The number of carbonyl (C=O) groups excluding carboxylic acids is 1. The molecule has 140 valence electrons. The van der Waals surface area contributed by atoms with Gasteiger partial charge in [0.05, 0.1) is 4.88 Å². The number of piperidine rings is 2. The van der Waals surface area contributed by atoms with E-state index in [1.807, 2.05) is 18.4 Å². The number of aryl methyl sites for hydroxylation is 1. The second-order valence-electron chi connectivity index (χ2n) is 7.15. The molecule has 2 fully saturated rings. The van der Waals surface area contributed by atoms with Gasteiger partial charge in [-0.15, -0.1) is 21.5 Å². The topological polar surface area (TPSA) is 61.4 Å². The van der Waals surface area contributed by atoms with Crippen molar-refractivity contribution in [2.75, 3.05) is 36.4 Å². The predicted molar refractivity (Wildman–Crippen MR) is 108 cm³/mol. The molecule has 26 heavy (non-hydrogen) atoms. The van der Waals surface area contributed by atoms with Crippen molar-refractivity contribution in [2.45, 2.75) is 45.1 Å². The molecule has 2 aliphatic rings. The van der Waals surface area contributed by atoms with Gasteiger partial charge in [-0.1, -0.05) is 17.8 Å². The van der Waals surface area contributed by atoms with Crippen LogP contribution in [0.5, 0.6) is 0 Å². The van der Waals surface area contributed by atoms with Gasteiger partial charge in [0.2, 0.25) is 10.3 Å². The molecule has 2 aromatic rings. The lowest BCUT2D eigenvalue weighted by Crippen LogP contribution is -2.46. The van der Waals surface area contributed by atoms with Crippen LogP contribution in [0.2, 0.25) is 0 Å². The van der Waals surface area contributed by atoms with E-state index in [2.05, 4.69) is 25.3 Å². The van der Waals surface area contributed by atoms with Gasteiger partial charge in [0.1, 0.15) is 0 Å². The minimum Gasteiger partial charge on any atom is -0.346 e. The number of aromatic nitrogens is 2. The maximum atomic E-state index is 12.3. The van der Waals surface area contributed by atoms with Crippen LogP contribution in [0, 0.1) is 6.92 Å². The highest BCUT2D eigenvalue weighted by molar-refractivity contribution is 7.19. The average molecular weight is 392 g/mol. The molecular formula is C18H25N5OS2. The van der Waals surface area contributed by atoms with Crippen LogP contribution in [-0.4, -0.2) is 53.2 Å². The van der Waals surface area contributed by atoms with E-state index >= 15 is 0 Å². The SMILES string of the molecule is Cc1csc(C(=O)Nc2nnc(N3CCC(N4CCCCC4)CC3)s2)c1. The smallest absolute Gasteiger partial charge is 0.267 e. The van der Waals surface area contributed by atoms with E-state index in [0.29, 0.717) is 10.0 Å². The van der Waals surface area contributed by atoms with Gasteiger partial charge in [-0.3, -0.25) is 10.1 Å². The summed E-state index contributed by atoms with van der Waals surface area (Å²) in [6.45, 7) is 6.56. The molecule has 1 N–H and O–H groups in total. The molecule has 2 aliphatic heterocycles. The van der Waals surface area contributed by atoms with E-state index in [1.54, 1.807) is 0 Å². The minimum atomic E-state index is -0.102. The first-order valence-corrected chi connectivity index (χ1v) is 11.1. The number of carbonyl (C=O) groups is 1. The van der Waals surface area contributed by atoms with Crippen LogP contribution >= 0.6 is 22.7 Å². The van der Waals surface area contributed by atoms with Gasteiger partial charge in [0.25, 0.3) is 5.91 Å². The summed E-state index contributed by atoms with van der Waals surface area (Å²) >= 11 is 2.92. The van der Waals surface area contributed by atoms with Crippen LogP contribution in [0.4, 0.5) is 10.3 Å². The van der Waals surface area contributed by atoms with E-state index in [0.717, 1.165) is 29.8 Å². The Hall–Kier alpha value is -1.51. The molecule has 0 bridgehead atoms. The second kappa shape index (κ2) is 8.02. The fraction of sp³-hybridized carbons (Fsp3) is 0.611. The van der Waals surface area contributed by atoms with Crippen LogP contribution in [-0.2, 0) is 0 Å². The third kappa shape index (κ3) is 4.07. The lowest BCUT2D eigenvalue weighted by atomic mass is 10.0. The summed E-state index contributed by atoms with van der Waals surface area (Å²) < 4.78 is 0. The standard InChI is InChI=1S/C18H25N5OS2/c1-13-11-15(25-12-13)16(24)19-17-20-21-18(26-17)23-9-5-14(6-10-23)22-7-3-2-4-8-22/h11-12,14H,2-10H2,1H3,(H,19,20,24). The maximum absolute atomic E-state index is 12.3. The number of anilines is 2. The molecular weight excluding hydrogens is 366 g/mol. The zero-order valence-corrected chi connectivity index (χ0v) is 16.7. The van der Waals surface area contributed by atoms with Crippen LogP contribution in [0.1, 0.15) is 47.3 Å². The maximum Gasteiger partial charge on any atom is 0.267 e. The number of nitrogens with one attached hydrogen (secondary N) is 1. The van der Waals surface area contributed by atoms with Gasteiger partial charge in [-0.05, 0) is 62.7 Å². The number of likely N-dealkylation sites (tertiary alicyclic amines) is 1. The average Bonchev–Trinajstić information content (AvgIpc) is 3.32. The van der Waals surface area contributed by atoms with Gasteiger partial charge >= 0.3 is 0 Å². The third-order valence-corrected chi connectivity index (χ3v) is 7.18. The fourth-order valence-corrected chi connectivity index (χ4v) is 5.39. The molecule has 0 spiro atoms. The first-order chi connectivity index (χ1) is 12.7. The zero-order chi connectivity index (χ0) is 17.9. The Kier molecular flexibility index (Phi) is 5.52. The molecule has 2 saturated heterocycles. The molecule has 0 unspecified atom stereocenters. The highest BCUT2D eigenvalue weighted by Gasteiger charge is 2.27. The first-order valence-electron chi connectivity index (χ1n) is 9.38. The van der Waals surface area contributed by atoms with Gasteiger partial charge < -0.3 is 9.80 Å². The van der Waals surface area contributed by atoms with Crippen molar-refractivity contribution < 1.29 is 4.79 Å². The number of rotatable bonds is 4. The van der Waals surface area contributed by atoms with Crippen molar-refractivity contribution in [1.29, 1.82) is 0 Å². The molecule has 1 amide bonds. The fourth-order valence-electron chi connectivity index (χ4n) is 3.81. The lowest BCUT2D eigenvalue weighted by Gasteiger charge is -2.40. The van der Waals surface area contributed by atoms with Crippen molar-refractivity contribution >= 4 is 38.8 Å². The summed E-state index contributed by atoms with van der Waals surface area (Å²) in [4.78, 5) is 17.9. The normalized spacial score (nSPS) is 19.7. The summed E-state index contributed by atoms with van der Waals surface area (Å²) in [5, 5.41) is 14.8. The quantitative estimate of drug-likeness (QED) is 0.863. The molecule has 0 saturated carbocycles.